The van der Waals surface area contributed by atoms with Crippen LogP contribution in [-0.2, 0) is 7.05 Å². The van der Waals surface area contributed by atoms with Crippen LogP contribution in [0.5, 0.6) is 11.8 Å². The first-order valence-electron chi connectivity index (χ1n) is 4.91. The average Bonchev–Trinajstić information content (AvgIpc) is 2.63. The molecule has 0 aliphatic heterocycles. The maximum absolute atomic E-state index is 13.5. The molecule has 0 unspecified atom stereocenters. The van der Waals surface area contributed by atoms with Gasteiger partial charge >= 0.3 is 6.01 Å². The van der Waals surface area contributed by atoms with E-state index in [2.05, 4.69) is 10.1 Å². The molecule has 17 heavy (non-hydrogen) atoms. The van der Waals surface area contributed by atoms with Gasteiger partial charge in [-0.25, -0.2) is 4.39 Å². The first kappa shape index (κ1) is 11.3. The molecule has 0 aliphatic carbocycles. The molecule has 0 saturated carbocycles. The van der Waals surface area contributed by atoms with Crippen LogP contribution in [0.1, 0.15) is 17.3 Å². The lowest BCUT2D eigenvalue weighted by Crippen LogP contribution is -2.01. The molecule has 88 valence electrons. The van der Waals surface area contributed by atoms with Gasteiger partial charge in [-0.05, 0) is 19.1 Å². The molecule has 1 heterocycles. The fourth-order valence-electron chi connectivity index (χ4n) is 1.40. The highest BCUT2D eigenvalue weighted by Gasteiger charge is 2.15. The number of rotatable bonds is 3. The number of benzene rings is 1. The summed E-state index contributed by atoms with van der Waals surface area (Å²) in [5.41, 5.74) is -0.0973. The van der Waals surface area contributed by atoms with E-state index in [1.807, 2.05) is 0 Å². The largest absolute Gasteiger partial charge is 0.422 e. The molecule has 0 amide bonds. The third-order valence-electron chi connectivity index (χ3n) is 2.11. The Morgan fingerprint density at radius 3 is 2.82 bits per heavy atom. The van der Waals surface area contributed by atoms with Crippen molar-refractivity contribution < 1.29 is 13.9 Å². The summed E-state index contributed by atoms with van der Waals surface area (Å²) in [6.07, 6.45) is 1.45. The van der Waals surface area contributed by atoms with Crippen molar-refractivity contribution in [2.24, 2.45) is 7.05 Å². The highest BCUT2D eigenvalue weighted by molar-refractivity contribution is 5.97. The zero-order valence-electron chi connectivity index (χ0n) is 9.35. The smallest absolute Gasteiger partial charge is 0.341 e. The van der Waals surface area contributed by atoms with Crippen molar-refractivity contribution in [1.29, 1.82) is 0 Å². The number of carbonyl (C=O) groups is 1. The number of hydrogen-bond acceptors (Lipinski definition) is 4. The van der Waals surface area contributed by atoms with Crippen LogP contribution in [-0.4, -0.2) is 20.5 Å². The predicted molar refractivity (Wildman–Crippen MR) is 57.5 cm³/mol. The summed E-state index contributed by atoms with van der Waals surface area (Å²) >= 11 is 0. The van der Waals surface area contributed by atoms with Crippen LogP contribution in [0.15, 0.2) is 24.5 Å². The molecule has 0 N–H and O–H groups in total. The number of hydrogen-bond donors (Lipinski definition) is 0. The maximum atomic E-state index is 13.5. The summed E-state index contributed by atoms with van der Waals surface area (Å²) in [5, 5.41) is 3.89. The highest BCUT2D eigenvalue weighted by atomic mass is 19.1. The molecular formula is C11H10FN3O2. The number of aromatic nitrogens is 3. The number of nitrogens with zero attached hydrogens (tertiary/aromatic N) is 3. The van der Waals surface area contributed by atoms with E-state index in [0.717, 1.165) is 0 Å². The van der Waals surface area contributed by atoms with Gasteiger partial charge in [-0.15, -0.1) is 5.10 Å². The number of halogens is 1. The van der Waals surface area contributed by atoms with Crippen LogP contribution in [0.4, 0.5) is 4.39 Å². The summed E-state index contributed by atoms with van der Waals surface area (Å²) in [6.45, 7) is 1.27. The Hall–Kier alpha value is -2.24. The minimum Gasteiger partial charge on any atom is -0.422 e. The van der Waals surface area contributed by atoms with Crippen molar-refractivity contribution in [1.82, 2.24) is 14.8 Å². The van der Waals surface area contributed by atoms with Gasteiger partial charge in [0.25, 0.3) is 0 Å². The minimum absolute atomic E-state index is 0.0700. The van der Waals surface area contributed by atoms with E-state index in [1.54, 1.807) is 7.05 Å². The summed E-state index contributed by atoms with van der Waals surface area (Å²) in [4.78, 5) is 15.2. The molecule has 5 nitrogen and oxygen atoms in total. The van der Waals surface area contributed by atoms with Crippen LogP contribution >= 0.6 is 0 Å². The summed E-state index contributed by atoms with van der Waals surface area (Å²) < 4.78 is 20.2. The van der Waals surface area contributed by atoms with E-state index >= 15 is 0 Å². The van der Waals surface area contributed by atoms with Crippen molar-refractivity contribution in [2.45, 2.75) is 6.92 Å². The van der Waals surface area contributed by atoms with Gasteiger partial charge in [0.1, 0.15) is 17.9 Å². The number of ketones is 1. The average molecular weight is 235 g/mol. The van der Waals surface area contributed by atoms with E-state index in [0.29, 0.717) is 0 Å². The molecule has 2 aromatic rings. The van der Waals surface area contributed by atoms with Gasteiger partial charge in [0.2, 0.25) is 0 Å². The lowest BCUT2D eigenvalue weighted by molar-refractivity contribution is 0.101. The molecule has 0 radical (unpaired) electrons. The molecule has 0 bridgehead atoms. The SMILES string of the molecule is CC(=O)c1c(F)cccc1Oc1ncn(C)n1. The minimum atomic E-state index is -0.620. The zero-order valence-corrected chi connectivity index (χ0v) is 9.35. The van der Waals surface area contributed by atoms with E-state index in [-0.39, 0.29) is 17.3 Å². The Balaban J connectivity index is 2.39. The first-order chi connectivity index (χ1) is 8.08. The number of Topliss-reactive ketones (excluding diaryl/α,β-unsaturated/α-hetero) is 1. The third kappa shape index (κ3) is 2.30. The van der Waals surface area contributed by atoms with Gasteiger partial charge in [-0.2, -0.15) is 4.98 Å². The molecule has 6 heteroatoms. The predicted octanol–water partition coefficient (Wildman–Crippen LogP) is 1.95. The van der Waals surface area contributed by atoms with E-state index < -0.39 is 11.6 Å². The lowest BCUT2D eigenvalue weighted by atomic mass is 10.1. The molecule has 1 aromatic carbocycles. The van der Waals surface area contributed by atoms with E-state index in [9.17, 15) is 9.18 Å². The summed E-state index contributed by atoms with van der Waals surface area (Å²) in [6, 6.07) is 4.23. The monoisotopic (exact) mass is 235 g/mol. The number of carbonyl (C=O) groups excluding carboxylic acids is 1. The van der Waals surface area contributed by atoms with Crippen molar-refractivity contribution in [3.05, 3.63) is 35.9 Å². The van der Waals surface area contributed by atoms with Crippen LogP contribution in [0.25, 0.3) is 0 Å². The van der Waals surface area contributed by atoms with Crippen LogP contribution in [0.2, 0.25) is 0 Å². The summed E-state index contributed by atoms with van der Waals surface area (Å²) in [5.74, 6) is -0.913. The Morgan fingerprint density at radius 2 is 2.24 bits per heavy atom. The Morgan fingerprint density at radius 1 is 1.47 bits per heavy atom. The number of aryl methyl sites for hydroxylation is 1. The van der Waals surface area contributed by atoms with Crippen LogP contribution < -0.4 is 4.74 Å². The van der Waals surface area contributed by atoms with E-state index in [1.165, 1.54) is 36.1 Å². The van der Waals surface area contributed by atoms with Gasteiger partial charge in [0.05, 0.1) is 5.56 Å². The third-order valence-corrected chi connectivity index (χ3v) is 2.11. The molecule has 1 aromatic heterocycles. The zero-order chi connectivity index (χ0) is 12.4. The number of ether oxygens (including phenoxy) is 1. The second-order valence-corrected chi connectivity index (χ2v) is 3.47. The van der Waals surface area contributed by atoms with Crippen molar-refractivity contribution in [3.63, 3.8) is 0 Å². The molecule has 2 rings (SSSR count). The van der Waals surface area contributed by atoms with Crippen molar-refractivity contribution in [3.8, 4) is 11.8 Å². The molecule has 0 atom stereocenters. The fourth-order valence-corrected chi connectivity index (χ4v) is 1.40. The van der Waals surface area contributed by atoms with Crippen LogP contribution in [0.3, 0.4) is 0 Å². The topological polar surface area (TPSA) is 57.0 Å². The summed E-state index contributed by atoms with van der Waals surface area (Å²) in [7, 11) is 1.68. The molecule has 0 saturated heterocycles. The highest BCUT2D eigenvalue weighted by Crippen LogP contribution is 2.25. The Kier molecular flexibility index (Phi) is 2.86. The maximum Gasteiger partial charge on any atom is 0.341 e. The van der Waals surface area contributed by atoms with Crippen molar-refractivity contribution in [2.75, 3.05) is 0 Å². The molecule has 0 spiro atoms. The molecule has 0 fully saturated rings. The van der Waals surface area contributed by atoms with Gasteiger partial charge in [-0.1, -0.05) is 6.07 Å². The van der Waals surface area contributed by atoms with Gasteiger partial charge in [0.15, 0.2) is 5.78 Å². The molecular weight excluding hydrogens is 225 g/mol. The quantitative estimate of drug-likeness (QED) is 0.763. The Bertz CT molecular complexity index is 566. The van der Waals surface area contributed by atoms with Crippen LogP contribution in [0, 0.1) is 5.82 Å². The standard InChI is InChI=1S/C11H10FN3O2/c1-7(16)10-8(12)4-3-5-9(10)17-11-13-6-15(2)14-11/h3-6H,1-2H3. The first-order valence-corrected chi connectivity index (χ1v) is 4.91. The Labute approximate surface area is 96.9 Å². The molecule has 0 aliphatic rings. The van der Waals surface area contributed by atoms with E-state index in [4.69, 9.17) is 4.74 Å². The van der Waals surface area contributed by atoms with Gasteiger partial charge < -0.3 is 4.74 Å². The normalized spacial score (nSPS) is 10.3. The van der Waals surface area contributed by atoms with Gasteiger partial charge in [-0.3, -0.25) is 9.48 Å². The van der Waals surface area contributed by atoms with Crippen molar-refractivity contribution >= 4 is 5.78 Å². The second kappa shape index (κ2) is 4.32. The lowest BCUT2D eigenvalue weighted by Gasteiger charge is -2.06. The second-order valence-electron chi connectivity index (χ2n) is 3.47. The fraction of sp³-hybridized carbons (Fsp3) is 0.182. The van der Waals surface area contributed by atoms with Gasteiger partial charge in [0, 0.05) is 7.05 Å².